The third kappa shape index (κ3) is 3.91. The first-order valence-electron chi connectivity index (χ1n) is 6.01. The molecule has 0 heterocycles. The summed E-state index contributed by atoms with van der Waals surface area (Å²) < 4.78 is 26.3. The topological polar surface area (TPSA) is 37.4 Å². The van der Waals surface area contributed by atoms with Crippen molar-refractivity contribution in [3.05, 3.63) is 61.2 Å². The number of hydrogen-bond donors (Lipinski definition) is 0. The smallest absolute Gasteiger partial charge is 0.207 e. The SMILES string of the molecule is C=CCN(CC=C)S(=O)(=O)c1cccc(/C=C/C)c1. The van der Waals surface area contributed by atoms with E-state index in [0.717, 1.165) is 5.56 Å². The lowest BCUT2D eigenvalue weighted by Crippen LogP contribution is -2.31. The fourth-order valence-corrected chi connectivity index (χ4v) is 3.12. The monoisotopic (exact) mass is 277 g/mol. The predicted molar refractivity (Wildman–Crippen MR) is 80.3 cm³/mol. The summed E-state index contributed by atoms with van der Waals surface area (Å²) in [4.78, 5) is 0.284. The first kappa shape index (κ1) is 15.4. The van der Waals surface area contributed by atoms with E-state index in [0.29, 0.717) is 0 Å². The van der Waals surface area contributed by atoms with E-state index in [9.17, 15) is 8.42 Å². The summed E-state index contributed by atoms with van der Waals surface area (Å²) in [6.07, 6.45) is 6.87. The standard InChI is InChI=1S/C15H19NO2S/c1-4-8-14-9-7-10-15(13-14)19(17,18)16(11-5-2)12-6-3/h4-10,13H,2-3,11-12H2,1H3/b8-4+. The molecule has 0 aliphatic heterocycles. The zero-order valence-electron chi connectivity index (χ0n) is 11.1. The summed E-state index contributed by atoms with van der Waals surface area (Å²) in [5.41, 5.74) is 0.862. The molecule has 0 amide bonds. The molecular weight excluding hydrogens is 258 g/mol. The molecule has 0 saturated carbocycles. The highest BCUT2D eigenvalue weighted by atomic mass is 32.2. The van der Waals surface area contributed by atoms with Gasteiger partial charge in [0.05, 0.1) is 4.90 Å². The Hall–Kier alpha value is -1.65. The Balaban J connectivity index is 3.20. The fraction of sp³-hybridized carbons (Fsp3) is 0.200. The highest BCUT2D eigenvalue weighted by molar-refractivity contribution is 7.89. The van der Waals surface area contributed by atoms with Gasteiger partial charge < -0.3 is 0 Å². The number of nitrogens with zero attached hydrogens (tertiary/aromatic N) is 1. The van der Waals surface area contributed by atoms with Gasteiger partial charge in [0.25, 0.3) is 0 Å². The summed E-state index contributed by atoms with van der Waals surface area (Å²) in [5.74, 6) is 0. The van der Waals surface area contributed by atoms with E-state index in [4.69, 9.17) is 0 Å². The molecular formula is C15H19NO2S. The molecule has 19 heavy (non-hydrogen) atoms. The van der Waals surface area contributed by atoms with Gasteiger partial charge in [0, 0.05) is 13.1 Å². The molecule has 1 rings (SSSR count). The van der Waals surface area contributed by atoms with Crippen LogP contribution in [0.25, 0.3) is 6.08 Å². The molecule has 102 valence electrons. The molecule has 0 fully saturated rings. The normalized spacial score (nSPS) is 11.9. The summed E-state index contributed by atoms with van der Waals surface area (Å²) in [7, 11) is -3.51. The molecule has 4 heteroatoms. The molecule has 1 aromatic rings. The van der Waals surface area contributed by atoms with Crippen molar-refractivity contribution in [3.63, 3.8) is 0 Å². The molecule has 3 nitrogen and oxygen atoms in total. The minimum atomic E-state index is -3.51. The molecule has 0 atom stereocenters. The summed E-state index contributed by atoms with van der Waals surface area (Å²) in [6, 6.07) is 6.86. The Morgan fingerprint density at radius 2 is 1.84 bits per heavy atom. The van der Waals surface area contributed by atoms with Crippen LogP contribution in [-0.2, 0) is 10.0 Å². The first-order chi connectivity index (χ1) is 9.06. The van der Waals surface area contributed by atoms with Crippen LogP contribution in [0.4, 0.5) is 0 Å². The number of allylic oxidation sites excluding steroid dienone is 1. The molecule has 0 aliphatic carbocycles. The van der Waals surface area contributed by atoms with Crippen molar-refractivity contribution in [2.24, 2.45) is 0 Å². The Morgan fingerprint density at radius 3 is 2.37 bits per heavy atom. The molecule has 1 aromatic carbocycles. The molecule has 0 aromatic heterocycles. The third-order valence-corrected chi connectivity index (χ3v) is 4.35. The molecule has 0 unspecified atom stereocenters. The van der Waals surface area contributed by atoms with Crippen LogP contribution in [0.1, 0.15) is 12.5 Å². The van der Waals surface area contributed by atoms with Gasteiger partial charge in [0.15, 0.2) is 0 Å². The number of benzene rings is 1. The molecule has 0 spiro atoms. The van der Waals surface area contributed by atoms with Crippen molar-refractivity contribution in [2.45, 2.75) is 11.8 Å². The Morgan fingerprint density at radius 1 is 1.21 bits per heavy atom. The van der Waals surface area contributed by atoms with Gasteiger partial charge >= 0.3 is 0 Å². The zero-order chi connectivity index (χ0) is 14.3. The fourth-order valence-electron chi connectivity index (χ4n) is 1.68. The first-order valence-corrected chi connectivity index (χ1v) is 7.45. The van der Waals surface area contributed by atoms with E-state index >= 15 is 0 Å². The average Bonchev–Trinajstić information content (AvgIpc) is 2.39. The van der Waals surface area contributed by atoms with Crippen LogP contribution in [0.2, 0.25) is 0 Å². The van der Waals surface area contributed by atoms with Gasteiger partial charge in [-0.15, -0.1) is 13.2 Å². The maximum absolute atomic E-state index is 12.5. The molecule has 0 bridgehead atoms. The van der Waals surface area contributed by atoms with Crippen LogP contribution in [0.15, 0.2) is 60.5 Å². The number of hydrogen-bond acceptors (Lipinski definition) is 2. The van der Waals surface area contributed by atoms with Crippen molar-refractivity contribution in [3.8, 4) is 0 Å². The lowest BCUT2D eigenvalue weighted by Gasteiger charge is -2.19. The zero-order valence-corrected chi connectivity index (χ0v) is 11.9. The summed E-state index contributed by atoms with van der Waals surface area (Å²) in [5, 5.41) is 0. The molecule has 0 N–H and O–H groups in total. The van der Waals surface area contributed by atoms with Crippen molar-refractivity contribution >= 4 is 16.1 Å². The third-order valence-electron chi connectivity index (χ3n) is 2.52. The van der Waals surface area contributed by atoms with Gasteiger partial charge in [-0.1, -0.05) is 36.4 Å². The minimum Gasteiger partial charge on any atom is -0.207 e. The van der Waals surface area contributed by atoms with Gasteiger partial charge in [-0.25, -0.2) is 8.42 Å². The Labute approximate surface area is 115 Å². The molecule has 0 saturated heterocycles. The molecule has 0 aliphatic rings. The minimum absolute atomic E-state index is 0.266. The maximum Gasteiger partial charge on any atom is 0.243 e. The lowest BCUT2D eigenvalue weighted by molar-refractivity contribution is 0.474. The number of sulfonamides is 1. The van der Waals surface area contributed by atoms with E-state index in [2.05, 4.69) is 13.2 Å². The van der Waals surface area contributed by atoms with Gasteiger partial charge in [0.1, 0.15) is 0 Å². The van der Waals surface area contributed by atoms with Crippen molar-refractivity contribution < 1.29 is 8.42 Å². The van der Waals surface area contributed by atoms with Crippen molar-refractivity contribution in [1.82, 2.24) is 4.31 Å². The van der Waals surface area contributed by atoms with Crippen LogP contribution in [0.5, 0.6) is 0 Å². The van der Waals surface area contributed by atoms with Crippen LogP contribution in [0, 0.1) is 0 Å². The maximum atomic E-state index is 12.5. The lowest BCUT2D eigenvalue weighted by atomic mass is 10.2. The second kappa shape index (κ2) is 7.07. The predicted octanol–water partition coefficient (Wildman–Crippen LogP) is 3.08. The second-order valence-electron chi connectivity index (χ2n) is 3.97. The summed E-state index contributed by atoms with van der Waals surface area (Å²) >= 11 is 0. The Bertz CT molecular complexity index is 564. The number of rotatable bonds is 7. The van der Waals surface area contributed by atoms with Crippen molar-refractivity contribution in [1.29, 1.82) is 0 Å². The Kier molecular flexibility index (Phi) is 5.73. The van der Waals surface area contributed by atoms with E-state index in [1.54, 1.807) is 30.4 Å². The van der Waals surface area contributed by atoms with Crippen LogP contribution in [-0.4, -0.2) is 25.8 Å². The van der Waals surface area contributed by atoms with Gasteiger partial charge in [-0.2, -0.15) is 4.31 Å². The van der Waals surface area contributed by atoms with E-state index < -0.39 is 10.0 Å². The van der Waals surface area contributed by atoms with E-state index in [1.165, 1.54) is 4.31 Å². The highest BCUT2D eigenvalue weighted by Gasteiger charge is 2.22. The average molecular weight is 277 g/mol. The van der Waals surface area contributed by atoms with Gasteiger partial charge in [-0.3, -0.25) is 0 Å². The van der Waals surface area contributed by atoms with Gasteiger partial charge in [-0.05, 0) is 24.6 Å². The quantitative estimate of drug-likeness (QED) is 0.718. The second-order valence-corrected chi connectivity index (χ2v) is 5.91. The van der Waals surface area contributed by atoms with Gasteiger partial charge in [0.2, 0.25) is 10.0 Å². The largest absolute Gasteiger partial charge is 0.243 e. The van der Waals surface area contributed by atoms with Crippen molar-refractivity contribution in [2.75, 3.05) is 13.1 Å². The van der Waals surface area contributed by atoms with E-state index in [1.807, 2.05) is 25.1 Å². The van der Waals surface area contributed by atoms with Crippen LogP contribution in [0.3, 0.4) is 0 Å². The summed E-state index contributed by atoms with van der Waals surface area (Å²) in [6.45, 7) is 9.59. The van der Waals surface area contributed by atoms with E-state index in [-0.39, 0.29) is 18.0 Å². The highest BCUT2D eigenvalue weighted by Crippen LogP contribution is 2.18. The van der Waals surface area contributed by atoms with Crippen LogP contribution >= 0.6 is 0 Å². The molecule has 0 radical (unpaired) electrons. The van der Waals surface area contributed by atoms with Crippen LogP contribution < -0.4 is 0 Å².